The summed E-state index contributed by atoms with van der Waals surface area (Å²) in [6.07, 6.45) is 1.66. The van der Waals surface area contributed by atoms with Crippen LogP contribution in [0.5, 0.6) is 5.75 Å². The zero-order valence-corrected chi connectivity index (χ0v) is 14.6. The molecule has 2 aromatic carbocycles. The Bertz CT molecular complexity index is 1060. The van der Waals surface area contributed by atoms with Crippen molar-refractivity contribution in [3.05, 3.63) is 69.8 Å². The van der Waals surface area contributed by atoms with Crippen LogP contribution in [-0.4, -0.2) is 27.7 Å². The summed E-state index contributed by atoms with van der Waals surface area (Å²) < 4.78 is 5.38. The minimum Gasteiger partial charge on any atom is -0.494 e. The van der Waals surface area contributed by atoms with Crippen molar-refractivity contribution in [2.24, 2.45) is 0 Å². The predicted molar refractivity (Wildman–Crippen MR) is 101 cm³/mol. The summed E-state index contributed by atoms with van der Waals surface area (Å²) in [7, 11) is 0. The molecule has 0 aliphatic heterocycles. The number of benzene rings is 2. The molecule has 0 amide bonds. The van der Waals surface area contributed by atoms with E-state index in [9.17, 15) is 9.59 Å². The molecule has 0 atom stereocenters. The maximum absolute atomic E-state index is 12.2. The molecule has 0 bridgehead atoms. The summed E-state index contributed by atoms with van der Waals surface area (Å²) in [6, 6.07) is 11.4. The van der Waals surface area contributed by atoms with Crippen LogP contribution in [0.2, 0.25) is 0 Å². The van der Waals surface area contributed by atoms with Crippen LogP contribution < -0.4 is 10.3 Å². The summed E-state index contributed by atoms with van der Waals surface area (Å²) in [5.74, 6) is -0.175. The molecular weight excluding hydrogens is 356 g/mol. The van der Waals surface area contributed by atoms with Gasteiger partial charge in [-0.3, -0.25) is 4.79 Å². The second kappa shape index (κ2) is 7.41. The predicted octanol–water partition coefficient (Wildman–Crippen LogP) is 3.76. The SMILES string of the molecule is CCOc1ccc(C=C(Cl)c2nc3cc(C(=O)O)ccc3c(=O)[nH]2)cc1. The van der Waals surface area contributed by atoms with Crippen molar-refractivity contribution in [2.75, 3.05) is 6.61 Å². The average Bonchev–Trinajstić information content (AvgIpc) is 2.63. The first kappa shape index (κ1) is 17.7. The van der Waals surface area contributed by atoms with Crippen LogP contribution in [0, 0.1) is 0 Å². The fraction of sp³-hybridized carbons (Fsp3) is 0.105. The van der Waals surface area contributed by atoms with Crippen molar-refractivity contribution >= 4 is 39.6 Å². The standard InChI is InChI=1S/C19H15ClN2O4/c1-2-26-13-6-3-11(4-7-13)9-15(20)17-21-16-10-12(19(24)25)5-8-14(16)18(23)22-17/h3-10H,2H2,1H3,(H,24,25)(H,21,22,23). The highest BCUT2D eigenvalue weighted by Gasteiger charge is 2.10. The second-order valence-corrected chi connectivity index (χ2v) is 5.85. The number of nitrogens with zero attached hydrogens (tertiary/aromatic N) is 1. The number of hydrogen-bond donors (Lipinski definition) is 2. The Hall–Kier alpha value is -3.12. The van der Waals surface area contributed by atoms with Gasteiger partial charge in [-0.2, -0.15) is 0 Å². The van der Waals surface area contributed by atoms with Crippen LogP contribution in [0.3, 0.4) is 0 Å². The zero-order valence-electron chi connectivity index (χ0n) is 13.8. The van der Waals surface area contributed by atoms with Gasteiger partial charge in [-0.1, -0.05) is 23.7 Å². The molecule has 2 N–H and O–H groups in total. The lowest BCUT2D eigenvalue weighted by molar-refractivity contribution is 0.0697. The Morgan fingerprint density at radius 2 is 2.00 bits per heavy atom. The van der Waals surface area contributed by atoms with Gasteiger partial charge in [0.2, 0.25) is 0 Å². The molecule has 0 saturated heterocycles. The highest BCUT2D eigenvalue weighted by molar-refractivity contribution is 6.50. The zero-order chi connectivity index (χ0) is 18.7. The van der Waals surface area contributed by atoms with Gasteiger partial charge in [-0.25, -0.2) is 9.78 Å². The number of aromatic amines is 1. The highest BCUT2D eigenvalue weighted by Crippen LogP contribution is 2.22. The molecule has 7 heteroatoms. The fourth-order valence-corrected chi connectivity index (χ4v) is 2.64. The van der Waals surface area contributed by atoms with Gasteiger partial charge in [0.15, 0.2) is 5.82 Å². The van der Waals surface area contributed by atoms with Crippen LogP contribution in [0.25, 0.3) is 22.0 Å². The number of carboxylic acids is 1. The van der Waals surface area contributed by atoms with Crippen molar-refractivity contribution < 1.29 is 14.6 Å². The first-order chi connectivity index (χ1) is 12.5. The molecule has 3 aromatic rings. The molecule has 1 aromatic heterocycles. The number of hydrogen-bond acceptors (Lipinski definition) is 4. The summed E-state index contributed by atoms with van der Waals surface area (Å²) in [4.78, 5) is 30.2. The van der Waals surface area contributed by atoms with E-state index in [4.69, 9.17) is 21.4 Å². The summed E-state index contributed by atoms with van der Waals surface area (Å²) in [5.41, 5.74) is 0.732. The maximum Gasteiger partial charge on any atom is 0.335 e. The molecule has 0 spiro atoms. The van der Waals surface area contributed by atoms with Crippen LogP contribution in [-0.2, 0) is 0 Å². The maximum atomic E-state index is 12.2. The van der Waals surface area contributed by atoms with Crippen molar-refractivity contribution in [3.8, 4) is 5.75 Å². The van der Waals surface area contributed by atoms with Gasteiger partial charge in [-0.05, 0) is 48.9 Å². The molecule has 0 aliphatic rings. The lowest BCUT2D eigenvalue weighted by Crippen LogP contribution is -2.11. The van der Waals surface area contributed by atoms with Crippen LogP contribution in [0.1, 0.15) is 28.7 Å². The van der Waals surface area contributed by atoms with Crippen molar-refractivity contribution in [2.45, 2.75) is 6.92 Å². The number of aromatic nitrogens is 2. The summed E-state index contributed by atoms with van der Waals surface area (Å²) in [5, 5.41) is 9.61. The van der Waals surface area contributed by atoms with Gasteiger partial charge in [0.05, 0.1) is 28.1 Å². The minimum absolute atomic E-state index is 0.0492. The molecular formula is C19H15ClN2O4. The number of rotatable bonds is 5. The smallest absolute Gasteiger partial charge is 0.335 e. The van der Waals surface area contributed by atoms with Crippen molar-refractivity contribution in [3.63, 3.8) is 0 Å². The molecule has 132 valence electrons. The van der Waals surface area contributed by atoms with Gasteiger partial charge >= 0.3 is 5.97 Å². The number of carbonyl (C=O) groups is 1. The largest absolute Gasteiger partial charge is 0.494 e. The number of nitrogens with one attached hydrogen (secondary N) is 1. The van der Waals surface area contributed by atoms with Crippen LogP contribution in [0.4, 0.5) is 0 Å². The first-order valence-corrected chi connectivity index (χ1v) is 8.23. The minimum atomic E-state index is -1.09. The van der Waals surface area contributed by atoms with Crippen LogP contribution >= 0.6 is 11.6 Å². The number of aromatic carboxylic acids is 1. The molecule has 0 aliphatic carbocycles. The third-order valence-corrected chi connectivity index (χ3v) is 3.95. The van der Waals surface area contributed by atoms with Crippen molar-refractivity contribution in [1.82, 2.24) is 9.97 Å². The molecule has 1 heterocycles. The third kappa shape index (κ3) is 3.75. The lowest BCUT2D eigenvalue weighted by Gasteiger charge is -2.05. The Labute approximate surface area is 153 Å². The Balaban J connectivity index is 2.00. The fourth-order valence-electron chi connectivity index (χ4n) is 2.43. The number of halogens is 1. The quantitative estimate of drug-likeness (QED) is 0.713. The normalized spacial score (nSPS) is 11.5. The number of fused-ring (bicyclic) bond motifs is 1. The first-order valence-electron chi connectivity index (χ1n) is 7.85. The van der Waals surface area contributed by atoms with E-state index in [2.05, 4.69) is 9.97 Å². The van der Waals surface area contributed by atoms with E-state index in [0.29, 0.717) is 12.0 Å². The van der Waals surface area contributed by atoms with E-state index in [0.717, 1.165) is 11.3 Å². The number of carboxylic acid groups (broad SMARTS) is 1. The van der Waals surface area contributed by atoms with Gasteiger partial charge in [-0.15, -0.1) is 0 Å². The molecule has 6 nitrogen and oxygen atoms in total. The molecule has 0 radical (unpaired) electrons. The Morgan fingerprint density at radius 3 is 2.65 bits per heavy atom. The highest BCUT2D eigenvalue weighted by atomic mass is 35.5. The van der Waals surface area contributed by atoms with E-state index < -0.39 is 5.97 Å². The molecule has 26 heavy (non-hydrogen) atoms. The van der Waals surface area contributed by atoms with Gasteiger partial charge in [0.25, 0.3) is 5.56 Å². The van der Waals surface area contributed by atoms with Gasteiger partial charge in [0, 0.05) is 0 Å². The summed E-state index contributed by atoms with van der Waals surface area (Å²) in [6.45, 7) is 2.48. The lowest BCUT2D eigenvalue weighted by atomic mass is 10.1. The van der Waals surface area contributed by atoms with E-state index in [1.807, 2.05) is 31.2 Å². The molecule has 0 saturated carbocycles. The van der Waals surface area contributed by atoms with E-state index >= 15 is 0 Å². The number of H-pyrrole nitrogens is 1. The van der Waals surface area contributed by atoms with Gasteiger partial charge < -0.3 is 14.8 Å². The second-order valence-electron chi connectivity index (χ2n) is 5.45. The summed E-state index contributed by atoms with van der Waals surface area (Å²) >= 11 is 6.30. The van der Waals surface area contributed by atoms with E-state index in [-0.39, 0.29) is 27.5 Å². The third-order valence-electron chi connectivity index (χ3n) is 3.66. The monoisotopic (exact) mass is 370 g/mol. The van der Waals surface area contributed by atoms with Gasteiger partial charge in [0.1, 0.15) is 5.75 Å². The number of ether oxygens (including phenoxy) is 1. The average molecular weight is 371 g/mol. The molecule has 3 rings (SSSR count). The van der Waals surface area contributed by atoms with E-state index in [1.54, 1.807) is 6.08 Å². The molecule has 0 unspecified atom stereocenters. The molecule has 0 fully saturated rings. The Kier molecular flexibility index (Phi) is 5.04. The van der Waals surface area contributed by atoms with Crippen LogP contribution in [0.15, 0.2) is 47.3 Å². The van der Waals surface area contributed by atoms with Crippen molar-refractivity contribution in [1.29, 1.82) is 0 Å². The topological polar surface area (TPSA) is 92.3 Å². The van der Waals surface area contributed by atoms with E-state index in [1.165, 1.54) is 18.2 Å². The Morgan fingerprint density at radius 1 is 1.27 bits per heavy atom.